The van der Waals surface area contributed by atoms with E-state index < -0.39 is 6.10 Å². The van der Waals surface area contributed by atoms with Crippen LogP contribution in [0.5, 0.6) is 17.2 Å². The predicted molar refractivity (Wildman–Crippen MR) is 104 cm³/mol. The third-order valence-corrected chi connectivity index (χ3v) is 4.08. The van der Waals surface area contributed by atoms with Crippen molar-refractivity contribution in [1.29, 1.82) is 0 Å². The summed E-state index contributed by atoms with van der Waals surface area (Å²) in [7, 11) is 3.13. The van der Waals surface area contributed by atoms with Crippen LogP contribution in [-0.4, -0.2) is 26.2 Å². The molecule has 0 aliphatic rings. The van der Waals surface area contributed by atoms with Gasteiger partial charge in [-0.3, -0.25) is 4.79 Å². The van der Waals surface area contributed by atoms with Crippen molar-refractivity contribution in [3.8, 4) is 17.2 Å². The van der Waals surface area contributed by atoms with Crippen molar-refractivity contribution >= 4 is 11.6 Å². The lowest BCUT2D eigenvalue weighted by Crippen LogP contribution is -2.30. The minimum atomic E-state index is -0.647. The van der Waals surface area contributed by atoms with Crippen molar-refractivity contribution in [2.45, 2.75) is 39.7 Å². The zero-order valence-electron chi connectivity index (χ0n) is 16.3. The second-order valence-corrected chi connectivity index (χ2v) is 6.55. The first kappa shape index (κ1) is 19.6. The molecule has 1 amide bonds. The molecule has 0 heterocycles. The first-order valence-electron chi connectivity index (χ1n) is 8.65. The van der Waals surface area contributed by atoms with E-state index in [9.17, 15) is 4.79 Å². The topological polar surface area (TPSA) is 56.8 Å². The molecule has 0 aliphatic heterocycles. The Kier molecular flexibility index (Phi) is 6.50. The van der Waals surface area contributed by atoms with Gasteiger partial charge in [-0.05, 0) is 37.0 Å². The highest BCUT2D eigenvalue weighted by Gasteiger charge is 2.18. The van der Waals surface area contributed by atoms with Gasteiger partial charge in [0.15, 0.2) is 6.10 Å². The Morgan fingerprint density at radius 2 is 1.58 bits per heavy atom. The minimum absolute atomic E-state index is 0.239. The van der Waals surface area contributed by atoms with Crippen LogP contribution in [0.15, 0.2) is 36.4 Å². The summed E-state index contributed by atoms with van der Waals surface area (Å²) in [6.45, 7) is 7.94. The van der Waals surface area contributed by atoms with Gasteiger partial charge in [0.1, 0.15) is 17.2 Å². The van der Waals surface area contributed by atoms with Crippen LogP contribution < -0.4 is 19.5 Å². The van der Waals surface area contributed by atoms with Crippen molar-refractivity contribution in [3.05, 3.63) is 47.5 Å². The van der Waals surface area contributed by atoms with Gasteiger partial charge in [-0.25, -0.2) is 0 Å². The molecular weight excluding hydrogens is 330 g/mol. The van der Waals surface area contributed by atoms with Gasteiger partial charge in [-0.2, -0.15) is 0 Å². The van der Waals surface area contributed by atoms with Gasteiger partial charge in [0, 0.05) is 23.9 Å². The van der Waals surface area contributed by atoms with Gasteiger partial charge in [0.2, 0.25) is 0 Å². The van der Waals surface area contributed by atoms with E-state index in [-0.39, 0.29) is 5.91 Å². The Morgan fingerprint density at radius 1 is 0.962 bits per heavy atom. The van der Waals surface area contributed by atoms with Crippen LogP contribution in [0.25, 0.3) is 0 Å². The largest absolute Gasteiger partial charge is 0.497 e. The third kappa shape index (κ3) is 4.91. The van der Waals surface area contributed by atoms with Crippen molar-refractivity contribution in [3.63, 3.8) is 0 Å². The molecule has 0 saturated heterocycles. The lowest BCUT2D eigenvalue weighted by atomic mass is 10.0. The van der Waals surface area contributed by atoms with Gasteiger partial charge < -0.3 is 19.5 Å². The van der Waals surface area contributed by atoms with Gasteiger partial charge in [-0.1, -0.05) is 26.0 Å². The van der Waals surface area contributed by atoms with Crippen LogP contribution >= 0.6 is 0 Å². The Labute approximate surface area is 155 Å². The fraction of sp³-hybridized carbons (Fsp3) is 0.381. The lowest BCUT2D eigenvalue weighted by molar-refractivity contribution is -0.122. The summed E-state index contributed by atoms with van der Waals surface area (Å²) < 4.78 is 16.4. The van der Waals surface area contributed by atoms with Crippen LogP contribution in [0.2, 0.25) is 0 Å². The van der Waals surface area contributed by atoms with Crippen LogP contribution in [0, 0.1) is 6.92 Å². The van der Waals surface area contributed by atoms with E-state index in [1.54, 1.807) is 39.3 Å². The fourth-order valence-corrected chi connectivity index (χ4v) is 2.59. The van der Waals surface area contributed by atoms with E-state index in [0.29, 0.717) is 23.1 Å². The second kappa shape index (κ2) is 8.61. The first-order valence-corrected chi connectivity index (χ1v) is 8.65. The number of hydrogen-bond acceptors (Lipinski definition) is 4. The SMILES string of the molecule is COc1cc(NC(=O)C(C)Oc2cc(C)ccc2C(C)C)cc(OC)c1. The molecule has 0 aromatic heterocycles. The molecule has 0 saturated carbocycles. The highest BCUT2D eigenvalue weighted by molar-refractivity contribution is 5.94. The number of benzene rings is 2. The molecule has 0 spiro atoms. The summed E-state index contributed by atoms with van der Waals surface area (Å²) in [5.74, 6) is 2.02. The maximum absolute atomic E-state index is 12.6. The Hall–Kier alpha value is -2.69. The average Bonchev–Trinajstić information content (AvgIpc) is 2.60. The normalized spacial score (nSPS) is 11.8. The van der Waals surface area contributed by atoms with Gasteiger partial charge >= 0.3 is 0 Å². The van der Waals surface area contributed by atoms with Crippen molar-refractivity contribution < 1.29 is 19.0 Å². The fourth-order valence-electron chi connectivity index (χ4n) is 2.59. The molecule has 26 heavy (non-hydrogen) atoms. The molecule has 0 fully saturated rings. The number of ether oxygens (including phenoxy) is 3. The van der Waals surface area contributed by atoms with Gasteiger partial charge in [0.05, 0.1) is 14.2 Å². The van der Waals surface area contributed by atoms with E-state index in [1.807, 2.05) is 19.1 Å². The highest BCUT2D eigenvalue weighted by atomic mass is 16.5. The smallest absolute Gasteiger partial charge is 0.265 e. The minimum Gasteiger partial charge on any atom is -0.497 e. The summed E-state index contributed by atoms with van der Waals surface area (Å²) >= 11 is 0. The van der Waals surface area contributed by atoms with E-state index in [1.165, 1.54) is 0 Å². The predicted octanol–water partition coefficient (Wildman–Crippen LogP) is 4.54. The number of anilines is 1. The van der Waals surface area contributed by atoms with E-state index in [0.717, 1.165) is 16.9 Å². The number of nitrogens with one attached hydrogen (secondary N) is 1. The van der Waals surface area contributed by atoms with Gasteiger partial charge in [0.25, 0.3) is 5.91 Å². The number of carbonyl (C=O) groups excluding carboxylic acids is 1. The molecule has 0 bridgehead atoms. The number of amides is 1. The molecule has 0 radical (unpaired) electrons. The third-order valence-electron chi connectivity index (χ3n) is 4.08. The maximum atomic E-state index is 12.6. The summed E-state index contributed by atoms with van der Waals surface area (Å²) in [5.41, 5.74) is 2.77. The molecule has 5 nitrogen and oxygen atoms in total. The lowest BCUT2D eigenvalue weighted by Gasteiger charge is -2.19. The first-order chi connectivity index (χ1) is 12.3. The highest BCUT2D eigenvalue weighted by Crippen LogP contribution is 2.29. The molecule has 1 N–H and O–H groups in total. The van der Waals surface area contributed by atoms with E-state index in [2.05, 4.69) is 25.2 Å². The van der Waals surface area contributed by atoms with Crippen molar-refractivity contribution in [2.75, 3.05) is 19.5 Å². The molecule has 1 unspecified atom stereocenters. The monoisotopic (exact) mass is 357 g/mol. The molecule has 1 atom stereocenters. The van der Waals surface area contributed by atoms with Gasteiger partial charge in [-0.15, -0.1) is 0 Å². The molecule has 2 rings (SSSR count). The number of aryl methyl sites for hydroxylation is 1. The quantitative estimate of drug-likeness (QED) is 0.790. The van der Waals surface area contributed by atoms with Crippen LogP contribution in [0.4, 0.5) is 5.69 Å². The molecule has 5 heteroatoms. The van der Waals surface area contributed by atoms with Crippen molar-refractivity contribution in [2.24, 2.45) is 0 Å². The molecule has 140 valence electrons. The van der Waals surface area contributed by atoms with Crippen molar-refractivity contribution in [1.82, 2.24) is 0 Å². The summed E-state index contributed by atoms with van der Waals surface area (Å²) in [5, 5.41) is 2.85. The van der Waals surface area contributed by atoms with Crippen LogP contribution in [-0.2, 0) is 4.79 Å². The summed E-state index contributed by atoms with van der Waals surface area (Å²) in [6.07, 6.45) is -0.647. The van der Waals surface area contributed by atoms with Crippen LogP contribution in [0.3, 0.4) is 0 Å². The molecule has 0 aliphatic carbocycles. The molecular formula is C21H27NO4. The number of carbonyl (C=O) groups is 1. The van der Waals surface area contributed by atoms with E-state index in [4.69, 9.17) is 14.2 Å². The number of rotatable bonds is 7. The second-order valence-electron chi connectivity index (χ2n) is 6.55. The number of methoxy groups -OCH3 is 2. The number of hydrogen-bond donors (Lipinski definition) is 1. The molecule has 2 aromatic carbocycles. The molecule has 2 aromatic rings. The summed E-state index contributed by atoms with van der Waals surface area (Å²) in [4.78, 5) is 12.6. The Balaban J connectivity index is 2.15. The van der Waals surface area contributed by atoms with E-state index >= 15 is 0 Å². The Morgan fingerprint density at radius 3 is 2.12 bits per heavy atom. The maximum Gasteiger partial charge on any atom is 0.265 e. The zero-order chi connectivity index (χ0) is 19.3. The Bertz CT molecular complexity index is 748. The zero-order valence-corrected chi connectivity index (χ0v) is 16.3. The van der Waals surface area contributed by atoms with Crippen LogP contribution in [0.1, 0.15) is 37.8 Å². The average molecular weight is 357 g/mol. The standard InChI is InChI=1S/C21H27NO4/c1-13(2)19-8-7-14(3)9-20(19)26-15(4)21(23)22-16-10-17(24-5)12-18(11-16)25-6/h7-13,15H,1-6H3,(H,22,23). The summed E-state index contributed by atoms with van der Waals surface area (Å²) in [6, 6.07) is 11.3.